The number of nitrogens with one attached hydrogen (secondary N) is 1. The number of thioether (sulfide) groups is 1. The normalized spacial score (nSPS) is 14.9. The van der Waals surface area contributed by atoms with Gasteiger partial charge in [-0.2, -0.15) is 0 Å². The Balaban J connectivity index is 1.65. The Morgan fingerprint density at radius 1 is 1.10 bits per heavy atom. The lowest BCUT2D eigenvalue weighted by Crippen LogP contribution is -2.50. The van der Waals surface area contributed by atoms with Gasteiger partial charge in [0.05, 0.1) is 5.75 Å². The van der Waals surface area contributed by atoms with E-state index in [1.165, 1.54) is 11.8 Å². The minimum atomic E-state index is -0.551. The number of halogens is 2. The van der Waals surface area contributed by atoms with Crippen LogP contribution in [0.2, 0.25) is 10.0 Å². The molecule has 2 aromatic carbocycles. The van der Waals surface area contributed by atoms with E-state index in [0.29, 0.717) is 22.3 Å². The zero-order chi connectivity index (χ0) is 22.2. The molecule has 0 radical (unpaired) electrons. The summed E-state index contributed by atoms with van der Waals surface area (Å²) < 4.78 is 0. The Morgan fingerprint density at radius 3 is 2.45 bits per heavy atom. The molecule has 2 amide bonds. The van der Waals surface area contributed by atoms with Crippen LogP contribution in [0.25, 0.3) is 0 Å². The Bertz CT molecular complexity index is 885. The molecule has 0 bridgehead atoms. The van der Waals surface area contributed by atoms with E-state index in [9.17, 15) is 9.59 Å². The van der Waals surface area contributed by atoms with Crippen molar-refractivity contribution in [1.82, 2.24) is 10.2 Å². The SMILES string of the molecule is C[C@H](C(=O)NC1CCCC1)N(Cc1ccc(Cl)cc1)C(=O)CSCc1ccccc1Cl. The first-order valence-electron chi connectivity index (χ1n) is 10.6. The molecule has 1 fully saturated rings. The van der Waals surface area contributed by atoms with Crippen LogP contribution in [0.1, 0.15) is 43.7 Å². The van der Waals surface area contributed by atoms with Gasteiger partial charge in [0.1, 0.15) is 6.04 Å². The second-order valence-electron chi connectivity index (χ2n) is 7.90. The van der Waals surface area contributed by atoms with E-state index in [0.717, 1.165) is 36.8 Å². The highest BCUT2D eigenvalue weighted by Crippen LogP contribution is 2.22. The molecule has 0 unspecified atom stereocenters. The van der Waals surface area contributed by atoms with Crippen LogP contribution in [0.15, 0.2) is 48.5 Å². The Labute approximate surface area is 198 Å². The van der Waals surface area contributed by atoms with Crippen molar-refractivity contribution in [2.75, 3.05) is 5.75 Å². The van der Waals surface area contributed by atoms with Gasteiger partial charge in [0.25, 0.3) is 0 Å². The van der Waals surface area contributed by atoms with E-state index in [4.69, 9.17) is 23.2 Å². The molecule has 1 aliphatic carbocycles. The van der Waals surface area contributed by atoms with Gasteiger partial charge >= 0.3 is 0 Å². The predicted octanol–water partition coefficient (Wildman–Crippen LogP) is 5.70. The van der Waals surface area contributed by atoms with Crippen LogP contribution in [0.4, 0.5) is 0 Å². The molecule has 0 spiro atoms. The molecule has 7 heteroatoms. The number of benzene rings is 2. The molecule has 0 aliphatic heterocycles. The lowest BCUT2D eigenvalue weighted by molar-refractivity contribution is -0.138. The van der Waals surface area contributed by atoms with Gasteiger partial charge in [0.2, 0.25) is 11.8 Å². The maximum Gasteiger partial charge on any atom is 0.242 e. The topological polar surface area (TPSA) is 49.4 Å². The number of hydrogen-bond donors (Lipinski definition) is 1. The number of nitrogens with zero attached hydrogens (tertiary/aromatic N) is 1. The lowest BCUT2D eigenvalue weighted by atomic mass is 10.1. The van der Waals surface area contributed by atoms with Crippen molar-refractivity contribution in [3.8, 4) is 0 Å². The first-order valence-corrected chi connectivity index (χ1v) is 12.5. The molecule has 0 aromatic heterocycles. The maximum absolute atomic E-state index is 13.1. The van der Waals surface area contributed by atoms with Crippen molar-refractivity contribution < 1.29 is 9.59 Å². The second-order valence-corrected chi connectivity index (χ2v) is 9.73. The summed E-state index contributed by atoms with van der Waals surface area (Å²) in [5.74, 6) is 0.759. The smallest absolute Gasteiger partial charge is 0.242 e. The first kappa shape index (κ1) is 24.0. The van der Waals surface area contributed by atoms with Gasteiger partial charge in [-0.05, 0) is 49.1 Å². The number of hydrogen-bond acceptors (Lipinski definition) is 3. The molecule has 0 heterocycles. The molecule has 1 saturated carbocycles. The lowest BCUT2D eigenvalue weighted by Gasteiger charge is -2.29. The third-order valence-corrected chi connectivity index (χ3v) is 7.16. The van der Waals surface area contributed by atoms with Crippen molar-refractivity contribution in [3.05, 3.63) is 69.7 Å². The molecule has 0 saturated heterocycles. The number of rotatable bonds is 9. The Kier molecular flexibility index (Phi) is 9.12. The summed E-state index contributed by atoms with van der Waals surface area (Å²) in [5, 5.41) is 4.46. The minimum absolute atomic E-state index is 0.0684. The molecular formula is C24H28Cl2N2O2S. The van der Waals surface area contributed by atoms with Crippen LogP contribution in [0.3, 0.4) is 0 Å². The van der Waals surface area contributed by atoms with Crippen molar-refractivity contribution in [1.29, 1.82) is 0 Å². The second kappa shape index (κ2) is 11.8. The van der Waals surface area contributed by atoms with Crippen molar-refractivity contribution >= 4 is 46.8 Å². The fraction of sp³-hybridized carbons (Fsp3) is 0.417. The molecule has 1 aliphatic rings. The Morgan fingerprint density at radius 2 is 1.77 bits per heavy atom. The third kappa shape index (κ3) is 7.16. The molecule has 1 N–H and O–H groups in total. The zero-order valence-corrected chi connectivity index (χ0v) is 20.0. The summed E-state index contributed by atoms with van der Waals surface area (Å²) in [6.07, 6.45) is 4.31. The number of carbonyl (C=O) groups excluding carboxylic acids is 2. The fourth-order valence-corrected chi connectivity index (χ4v) is 5.03. The molecule has 31 heavy (non-hydrogen) atoms. The van der Waals surface area contributed by atoms with Crippen molar-refractivity contribution in [2.45, 2.75) is 57.0 Å². The molecule has 2 aromatic rings. The van der Waals surface area contributed by atoms with E-state index in [1.807, 2.05) is 36.4 Å². The van der Waals surface area contributed by atoms with Crippen LogP contribution in [-0.4, -0.2) is 34.6 Å². The highest BCUT2D eigenvalue weighted by Gasteiger charge is 2.28. The highest BCUT2D eigenvalue weighted by atomic mass is 35.5. The van der Waals surface area contributed by atoms with Crippen LogP contribution in [-0.2, 0) is 21.9 Å². The van der Waals surface area contributed by atoms with E-state index in [2.05, 4.69) is 5.32 Å². The fourth-order valence-electron chi connectivity index (χ4n) is 3.71. The maximum atomic E-state index is 13.1. The van der Waals surface area contributed by atoms with Crippen molar-refractivity contribution in [2.24, 2.45) is 0 Å². The number of carbonyl (C=O) groups is 2. The predicted molar refractivity (Wildman–Crippen MR) is 129 cm³/mol. The molecular weight excluding hydrogens is 451 g/mol. The van der Waals surface area contributed by atoms with E-state index >= 15 is 0 Å². The quantitative estimate of drug-likeness (QED) is 0.502. The minimum Gasteiger partial charge on any atom is -0.352 e. The number of amides is 2. The summed E-state index contributed by atoms with van der Waals surface area (Å²) in [5.41, 5.74) is 1.94. The molecule has 1 atom stereocenters. The monoisotopic (exact) mass is 478 g/mol. The van der Waals surface area contributed by atoms with E-state index < -0.39 is 6.04 Å². The largest absolute Gasteiger partial charge is 0.352 e. The van der Waals surface area contributed by atoms with Gasteiger partial charge in [0, 0.05) is 28.4 Å². The molecule has 166 valence electrons. The average molecular weight is 479 g/mol. The standard InChI is InChI=1S/C24H28Cl2N2O2S/c1-17(24(30)27-21-7-3-4-8-21)28(14-18-10-12-20(25)13-11-18)23(29)16-31-15-19-6-2-5-9-22(19)26/h2,5-6,9-13,17,21H,3-4,7-8,14-16H2,1H3,(H,27,30)/t17-/m1/s1. The summed E-state index contributed by atoms with van der Waals surface area (Å²) in [6, 6.07) is 14.7. The van der Waals surface area contributed by atoms with Gasteiger partial charge < -0.3 is 10.2 Å². The van der Waals surface area contributed by atoms with Gasteiger partial charge in [-0.3, -0.25) is 9.59 Å². The molecule has 4 nitrogen and oxygen atoms in total. The first-order chi connectivity index (χ1) is 14.9. The van der Waals surface area contributed by atoms with Crippen molar-refractivity contribution in [3.63, 3.8) is 0 Å². The van der Waals surface area contributed by atoms with Crippen LogP contribution in [0.5, 0.6) is 0 Å². The van der Waals surface area contributed by atoms with Crippen LogP contribution < -0.4 is 5.32 Å². The summed E-state index contributed by atoms with van der Waals surface area (Å²) in [7, 11) is 0. The average Bonchev–Trinajstić information content (AvgIpc) is 3.27. The van der Waals surface area contributed by atoms with Gasteiger partial charge in [0.15, 0.2) is 0 Å². The summed E-state index contributed by atoms with van der Waals surface area (Å²) in [4.78, 5) is 27.7. The van der Waals surface area contributed by atoms with Crippen LogP contribution in [0, 0.1) is 0 Å². The Hall–Kier alpha value is -1.69. The highest BCUT2D eigenvalue weighted by molar-refractivity contribution is 7.99. The van der Waals surface area contributed by atoms with Gasteiger partial charge in [-0.25, -0.2) is 0 Å². The zero-order valence-electron chi connectivity index (χ0n) is 17.7. The van der Waals surface area contributed by atoms with Gasteiger partial charge in [-0.1, -0.05) is 66.4 Å². The van der Waals surface area contributed by atoms with Crippen LogP contribution >= 0.6 is 35.0 Å². The molecule has 3 rings (SSSR count). The third-order valence-electron chi connectivity index (χ3n) is 5.58. The summed E-state index contributed by atoms with van der Waals surface area (Å²) >= 11 is 13.7. The van der Waals surface area contributed by atoms with E-state index in [1.54, 1.807) is 24.0 Å². The van der Waals surface area contributed by atoms with Gasteiger partial charge in [-0.15, -0.1) is 11.8 Å². The summed E-state index contributed by atoms with van der Waals surface area (Å²) in [6.45, 7) is 2.17. The van der Waals surface area contributed by atoms with E-state index in [-0.39, 0.29) is 23.6 Å².